The van der Waals surface area contributed by atoms with E-state index in [4.69, 9.17) is 16.3 Å². The Morgan fingerprint density at radius 1 is 1.37 bits per heavy atom. The van der Waals surface area contributed by atoms with Gasteiger partial charge in [-0.3, -0.25) is 10.1 Å². The highest BCUT2D eigenvalue weighted by molar-refractivity contribution is 9.08. The molecule has 19 heavy (non-hydrogen) atoms. The largest absolute Gasteiger partial charge is 0.437 e. The molecular formula is C12H8BrClN2O3. The number of alkyl halides is 1. The van der Waals surface area contributed by atoms with E-state index in [1.54, 1.807) is 12.3 Å². The molecule has 0 spiro atoms. The highest BCUT2D eigenvalue weighted by Gasteiger charge is 2.11. The molecule has 0 unspecified atom stereocenters. The molecule has 2 aromatic rings. The van der Waals surface area contributed by atoms with Crippen LogP contribution in [-0.4, -0.2) is 9.91 Å². The second kappa shape index (κ2) is 5.99. The summed E-state index contributed by atoms with van der Waals surface area (Å²) < 4.78 is 5.44. The fraction of sp³-hybridized carbons (Fsp3) is 0.0833. The minimum atomic E-state index is -0.509. The van der Waals surface area contributed by atoms with Crippen molar-refractivity contribution >= 4 is 33.2 Å². The van der Waals surface area contributed by atoms with Crippen LogP contribution in [0.3, 0.4) is 0 Å². The van der Waals surface area contributed by atoms with Gasteiger partial charge in [-0.2, -0.15) is 0 Å². The van der Waals surface area contributed by atoms with Crippen LogP contribution < -0.4 is 4.74 Å². The monoisotopic (exact) mass is 342 g/mol. The maximum absolute atomic E-state index is 10.7. The van der Waals surface area contributed by atoms with Gasteiger partial charge in [0, 0.05) is 23.7 Å². The van der Waals surface area contributed by atoms with Gasteiger partial charge in [0.25, 0.3) is 5.69 Å². The number of halogens is 2. The van der Waals surface area contributed by atoms with Gasteiger partial charge < -0.3 is 4.74 Å². The maximum Gasteiger partial charge on any atom is 0.273 e. The molecule has 5 nitrogen and oxygen atoms in total. The maximum atomic E-state index is 10.7. The van der Waals surface area contributed by atoms with Crippen LogP contribution in [0.4, 0.5) is 5.69 Å². The van der Waals surface area contributed by atoms with E-state index in [9.17, 15) is 10.1 Å². The lowest BCUT2D eigenvalue weighted by Gasteiger charge is -2.06. The van der Waals surface area contributed by atoms with E-state index in [1.807, 2.05) is 6.07 Å². The van der Waals surface area contributed by atoms with Crippen molar-refractivity contribution in [3.05, 3.63) is 57.2 Å². The standard InChI is InChI=1S/C12H8BrClN2O3/c13-6-8-1-4-12(15-7-8)19-11-5-9(16(17)18)2-3-10(11)14/h1-5,7H,6H2. The molecule has 0 aliphatic rings. The summed E-state index contributed by atoms with van der Waals surface area (Å²) in [6, 6.07) is 7.51. The fourth-order valence-electron chi connectivity index (χ4n) is 1.35. The molecule has 1 heterocycles. The van der Waals surface area contributed by atoms with Crippen molar-refractivity contribution in [1.82, 2.24) is 4.98 Å². The molecule has 98 valence electrons. The van der Waals surface area contributed by atoms with Crippen molar-refractivity contribution in [2.24, 2.45) is 0 Å². The third kappa shape index (κ3) is 3.42. The number of pyridine rings is 1. The summed E-state index contributed by atoms with van der Waals surface area (Å²) in [5, 5.41) is 11.7. The van der Waals surface area contributed by atoms with Gasteiger partial charge in [0.1, 0.15) is 0 Å². The van der Waals surface area contributed by atoms with E-state index >= 15 is 0 Å². The number of rotatable bonds is 4. The Balaban J connectivity index is 2.26. The van der Waals surface area contributed by atoms with Gasteiger partial charge in [0.2, 0.25) is 5.88 Å². The molecule has 0 bridgehead atoms. The summed E-state index contributed by atoms with van der Waals surface area (Å²) in [5.74, 6) is 0.530. The quantitative estimate of drug-likeness (QED) is 0.471. The fourth-order valence-corrected chi connectivity index (χ4v) is 1.83. The minimum Gasteiger partial charge on any atom is -0.437 e. The molecule has 1 aromatic carbocycles. The van der Waals surface area contributed by atoms with E-state index < -0.39 is 4.92 Å². The SMILES string of the molecule is O=[N+]([O-])c1ccc(Cl)c(Oc2ccc(CBr)cn2)c1. The highest BCUT2D eigenvalue weighted by atomic mass is 79.9. The lowest BCUT2D eigenvalue weighted by molar-refractivity contribution is -0.384. The summed E-state index contributed by atoms with van der Waals surface area (Å²) in [6.07, 6.45) is 1.65. The Hall–Kier alpha value is -1.66. The Kier molecular flexibility index (Phi) is 4.34. The number of benzene rings is 1. The van der Waals surface area contributed by atoms with Crippen molar-refractivity contribution in [3.63, 3.8) is 0 Å². The number of hydrogen-bond acceptors (Lipinski definition) is 4. The predicted molar refractivity (Wildman–Crippen MR) is 75.0 cm³/mol. The van der Waals surface area contributed by atoms with E-state index in [0.29, 0.717) is 11.2 Å². The van der Waals surface area contributed by atoms with Crippen molar-refractivity contribution < 1.29 is 9.66 Å². The molecule has 0 radical (unpaired) electrons. The molecular weight excluding hydrogens is 336 g/mol. The molecule has 1 aromatic heterocycles. The van der Waals surface area contributed by atoms with Crippen molar-refractivity contribution in [2.75, 3.05) is 0 Å². The van der Waals surface area contributed by atoms with Gasteiger partial charge in [-0.15, -0.1) is 0 Å². The molecule has 7 heteroatoms. The summed E-state index contributed by atoms with van der Waals surface area (Å²) in [7, 11) is 0. The van der Waals surface area contributed by atoms with E-state index in [1.165, 1.54) is 18.2 Å². The highest BCUT2D eigenvalue weighted by Crippen LogP contribution is 2.32. The predicted octanol–water partition coefficient (Wildman–Crippen LogP) is 4.33. The number of hydrogen-bond donors (Lipinski definition) is 0. The third-order valence-corrected chi connectivity index (χ3v) is 3.25. The number of non-ortho nitro benzene ring substituents is 1. The summed E-state index contributed by atoms with van der Waals surface area (Å²) in [4.78, 5) is 14.3. The van der Waals surface area contributed by atoms with Crippen molar-refractivity contribution in [2.45, 2.75) is 5.33 Å². The second-order valence-electron chi connectivity index (χ2n) is 3.61. The normalized spacial score (nSPS) is 10.2. The van der Waals surface area contributed by atoms with Gasteiger partial charge in [-0.25, -0.2) is 4.98 Å². The number of aromatic nitrogens is 1. The molecule has 0 fully saturated rings. The number of ether oxygens (including phenoxy) is 1. The molecule has 0 aliphatic carbocycles. The molecule has 0 saturated carbocycles. The van der Waals surface area contributed by atoms with Gasteiger partial charge in [-0.1, -0.05) is 33.6 Å². The van der Waals surface area contributed by atoms with Crippen LogP contribution in [0.1, 0.15) is 5.56 Å². The molecule has 0 aliphatic heterocycles. The van der Waals surface area contributed by atoms with Crippen LogP contribution in [0, 0.1) is 10.1 Å². The van der Waals surface area contributed by atoms with E-state index in [2.05, 4.69) is 20.9 Å². The van der Waals surface area contributed by atoms with Gasteiger partial charge in [0.05, 0.1) is 16.0 Å². The van der Waals surface area contributed by atoms with Crippen LogP contribution in [0.25, 0.3) is 0 Å². The molecule has 0 saturated heterocycles. The first-order valence-electron chi connectivity index (χ1n) is 5.23. The average molecular weight is 344 g/mol. The summed E-state index contributed by atoms with van der Waals surface area (Å²) in [6.45, 7) is 0. The van der Waals surface area contributed by atoms with E-state index in [-0.39, 0.29) is 16.5 Å². The number of nitro groups is 1. The first-order valence-corrected chi connectivity index (χ1v) is 6.73. The van der Waals surface area contributed by atoms with Gasteiger partial charge in [-0.05, 0) is 11.6 Å². The summed E-state index contributed by atoms with van der Waals surface area (Å²) in [5.41, 5.74) is 0.911. The van der Waals surface area contributed by atoms with Gasteiger partial charge in [0.15, 0.2) is 5.75 Å². The minimum absolute atomic E-state index is 0.0866. The Labute approximate surface area is 122 Å². The molecule has 0 amide bonds. The lowest BCUT2D eigenvalue weighted by atomic mass is 10.3. The van der Waals surface area contributed by atoms with Crippen LogP contribution in [0.2, 0.25) is 5.02 Å². The zero-order chi connectivity index (χ0) is 13.8. The Morgan fingerprint density at radius 2 is 2.16 bits per heavy atom. The molecule has 0 N–H and O–H groups in total. The van der Waals surface area contributed by atoms with Crippen LogP contribution in [-0.2, 0) is 5.33 Å². The van der Waals surface area contributed by atoms with Crippen LogP contribution in [0.5, 0.6) is 11.6 Å². The smallest absolute Gasteiger partial charge is 0.273 e. The number of nitrogens with zero attached hydrogens (tertiary/aromatic N) is 2. The van der Waals surface area contributed by atoms with Crippen molar-refractivity contribution in [3.8, 4) is 11.6 Å². The number of nitro benzene ring substituents is 1. The zero-order valence-electron chi connectivity index (χ0n) is 9.55. The Bertz CT molecular complexity index is 604. The zero-order valence-corrected chi connectivity index (χ0v) is 11.9. The van der Waals surface area contributed by atoms with Crippen LogP contribution >= 0.6 is 27.5 Å². The molecule has 2 rings (SSSR count). The first kappa shape index (κ1) is 13.8. The summed E-state index contributed by atoms with van der Waals surface area (Å²) >= 11 is 9.24. The third-order valence-electron chi connectivity index (χ3n) is 2.29. The first-order chi connectivity index (χ1) is 9.10. The average Bonchev–Trinajstić information content (AvgIpc) is 2.42. The van der Waals surface area contributed by atoms with Crippen molar-refractivity contribution in [1.29, 1.82) is 0 Å². The van der Waals surface area contributed by atoms with Crippen LogP contribution in [0.15, 0.2) is 36.5 Å². The lowest BCUT2D eigenvalue weighted by Crippen LogP contribution is -1.92. The van der Waals surface area contributed by atoms with E-state index in [0.717, 1.165) is 5.56 Å². The molecule has 0 atom stereocenters. The topological polar surface area (TPSA) is 65.3 Å². The van der Waals surface area contributed by atoms with Gasteiger partial charge >= 0.3 is 0 Å². The second-order valence-corrected chi connectivity index (χ2v) is 4.58. The Morgan fingerprint density at radius 3 is 2.74 bits per heavy atom.